The van der Waals surface area contributed by atoms with Crippen molar-refractivity contribution in [3.05, 3.63) is 35.9 Å². The van der Waals surface area contributed by atoms with Gasteiger partial charge in [0, 0.05) is 13.1 Å². The summed E-state index contributed by atoms with van der Waals surface area (Å²) in [6, 6.07) is 10.6. The van der Waals surface area contributed by atoms with Crippen molar-refractivity contribution in [2.75, 3.05) is 19.6 Å². The predicted octanol–water partition coefficient (Wildman–Crippen LogP) is 1.57. The number of aliphatic imine (C=N–C) groups is 1. The molecular weight excluding hydrogens is 160 g/mol. The van der Waals surface area contributed by atoms with Crippen molar-refractivity contribution in [3.8, 4) is 0 Å². The molecule has 0 bridgehead atoms. The first-order valence-electron chi connectivity index (χ1n) is 4.73. The minimum atomic E-state index is 0.967. The van der Waals surface area contributed by atoms with E-state index in [1.54, 1.807) is 0 Å². The molecule has 0 N–H and O–H groups in total. The van der Waals surface area contributed by atoms with Gasteiger partial charge in [0.05, 0.1) is 12.9 Å². The van der Waals surface area contributed by atoms with Gasteiger partial charge in [0.2, 0.25) is 0 Å². The van der Waals surface area contributed by atoms with E-state index in [-0.39, 0.29) is 0 Å². The summed E-state index contributed by atoms with van der Waals surface area (Å²) in [5, 5.41) is 0. The quantitative estimate of drug-likeness (QED) is 0.679. The van der Waals surface area contributed by atoms with Crippen molar-refractivity contribution in [2.45, 2.75) is 6.42 Å². The zero-order valence-electron chi connectivity index (χ0n) is 7.69. The lowest BCUT2D eigenvalue weighted by Crippen LogP contribution is -2.22. The van der Waals surface area contributed by atoms with E-state index in [1.165, 1.54) is 5.56 Å². The fourth-order valence-electron chi connectivity index (χ4n) is 1.50. The lowest BCUT2D eigenvalue weighted by Gasteiger charge is -2.12. The van der Waals surface area contributed by atoms with Crippen molar-refractivity contribution < 1.29 is 0 Å². The fourth-order valence-corrected chi connectivity index (χ4v) is 1.50. The summed E-state index contributed by atoms with van der Waals surface area (Å²) in [5.41, 5.74) is 1.41. The zero-order chi connectivity index (χ0) is 8.93. The molecule has 13 heavy (non-hydrogen) atoms. The number of hydrogen-bond donors (Lipinski definition) is 0. The molecule has 0 aromatic heterocycles. The van der Waals surface area contributed by atoms with E-state index in [9.17, 15) is 0 Å². The Kier molecular flexibility index (Phi) is 2.60. The Labute approximate surface area is 78.9 Å². The first-order chi connectivity index (χ1) is 6.45. The van der Waals surface area contributed by atoms with E-state index in [4.69, 9.17) is 0 Å². The largest absolute Gasteiger partial charge is 0.361 e. The standard InChI is InChI=1S/C11H14N2/c1-2-4-11(5-3-1)6-8-13-9-7-12-10-13/h1-5,10H,6-9H2. The molecule has 2 heteroatoms. The van der Waals surface area contributed by atoms with Gasteiger partial charge < -0.3 is 4.90 Å². The van der Waals surface area contributed by atoms with E-state index < -0.39 is 0 Å². The summed E-state index contributed by atoms with van der Waals surface area (Å²) in [6.07, 6.45) is 3.08. The molecule has 0 aliphatic carbocycles. The number of benzene rings is 1. The van der Waals surface area contributed by atoms with Gasteiger partial charge in [0.1, 0.15) is 0 Å². The van der Waals surface area contributed by atoms with Crippen LogP contribution in [0, 0.1) is 0 Å². The molecule has 0 radical (unpaired) electrons. The molecule has 0 fully saturated rings. The van der Waals surface area contributed by atoms with Crippen LogP contribution in [0.4, 0.5) is 0 Å². The van der Waals surface area contributed by atoms with Crippen molar-refractivity contribution in [3.63, 3.8) is 0 Å². The molecule has 2 rings (SSSR count). The maximum absolute atomic E-state index is 4.18. The van der Waals surface area contributed by atoms with Crippen LogP contribution in [-0.4, -0.2) is 30.9 Å². The molecule has 2 nitrogen and oxygen atoms in total. The molecule has 0 saturated carbocycles. The summed E-state index contributed by atoms with van der Waals surface area (Å²) in [7, 11) is 0. The highest BCUT2D eigenvalue weighted by atomic mass is 15.2. The molecule has 1 aromatic rings. The molecular formula is C11H14N2. The van der Waals surface area contributed by atoms with Gasteiger partial charge in [-0.1, -0.05) is 30.3 Å². The Morgan fingerprint density at radius 1 is 1.23 bits per heavy atom. The highest BCUT2D eigenvalue weighted by molar-refractivity contribution is 5.56. The van der Waals surface area contributed by atoms with E-state index in [0.717, 1.165) is 26.1 Å². The second-order valence-corrected chi connectivity index (χ2v) is 3.29. The van der Waals surface area contributed by atoms with E-state index >= 15 is 0 Å². The molecule has 68 valence electrons. The van der Waals surface area contributed by atoms with Gasteiger partial charge in [0.15, 0.2) is 0 Å². The van der Waals surface area contributed by atoms with E-state index in [1.807, 2.05) is 6.34 Å². The second kappa shape index (κ2) is 4.08. The van der Waals surface area contributed by atoms with Gasteiger partial charge >= 0.3 is 0 Å². The second-order valence-electron chi connectivity index (χ2n) is 3.29. The number of nitrogens with zero attached hydrogens (tertiary/aromatic N) is 2. The van der Waals surface area contributed by atoms with E-state index in [2.05, 4.69) is 40.2 Å². The minimum Gasteiger partial charge on any atom is -0.361 e. The first-order valence-corrected chi connectivity index (χ1v) is 4.73. The summed E-state index contributed by atoms with van der Waals surface area (Å²) in [5.74, 6) is 0. The lowest BCUT2D eigenvalue weighted by atomic mass is 10.1. The van der Waals surface area contributed by atoms with Crippen LogP contribution in [0.15, 0.2) is 35.3 Å². The third-order valence-electron chi connectivity index (χ3n) is 2.29. The number of rotatable bonds is 3. The van der Waals surface area contributed by atoms with Crippen LogP contribution in [-0.2, 0) is 6.42 Å². The van der Waals surface area contributed by atoms with Gasteiger partial charge in [-0.3, -0.25) is 4.99 Å². The average molecular weight is 174 g/mol. The molecule has 1 aliphatic rings. The third kappa shape index (κ3) is 2.31. The molecule has 0 saturated heterocycles. The molecule has 0 spiro atoms. The Morgan fingerprint density at radius 3 is 2.77 bits per heavy atom. The Balaban J connectivity index is 1.82. The smallest absolute Gasteiger partial charge is 0.0851 e. The van der Waals surface area contributed by atoms with Crippen molar-refractivity contribution in [2.24, 2.45) is 4.99 Å². The van der Waals surface area contributed by atoms with Crippen molar-refractivity contribution in [1.82, 2.24) is 4.90 Å². The minimum absolute atomic E-state index is 0.967. The molecule has 1 aliphatic heterocycles. The van der Waals surface area contributed by atoms with Crippen LogP contribution in [0.1, 0.15) is 5.56 Å². The SMILES string of the molecule is C1=NCCN1CCc1ccccc1. The van der Waals surface area contributed by atoms with Gasteiger partial charge in [-0.15, -0.1) is 0 Å². The van der Waals surface area contributed by atoms with E-state index in [0.29, 0.717) is 0 Å². The fraction of sp³-hybridized carbons (Fsp3) is 0.364. The summed E-state index contributed by atoms with van der Waals surface area (Å²) in [6.45, 7) is 3.15. The van der Waals surface area contributed by atoms with Crippen LogP contribution in [0.25, 0.3) is 0 Å². The summed E-state index contributed by atoms with van der Waals surface area (Å²) in [4.78, 5) is 6.45. The third-order valence-corrected chi connectivity index (χ3v) is 2.29. The lowest BCUT2D eigenvalue weighted by molar-refractivity contribution is 0.472. The highest BCUT2D eigenvalue weighted by Gasteiger charge is 2.03. The van der Waals surface area contributed by atoms with Gasteiger partial charge in [-0.05, 0) is 12.0 Å². The maximum atomic E-state index is 4.18. The normalized spacial score (nSPS) is 15.2. The van der Waals surface area contributed by atoms with Crippen LogP contribution < -0.4 is 0 Å². The topological polar surface area (TPSA) is 15.6 Å². The zero-order valence-corrected chi connectivity index (χ0v) is 7.69. The first kappa shape index (κ1) is 8.30. The molecule has 0 unspecified atom stereocenters. The highest BCUT2D eigenvalue weighted by Crippen LogP contribution is 2.01. The van der Waals surface area contributed by atoms with Crippen molar-refractivity contribution in [1.29, 1.82) is 0 Å². The van der Waals surface area contributed by atoms with Crippen molar-refractivity contribution >= 4 is 6.34 Å². The summed E-state index contributed by atoms with van der Waals surface area (Å²) >= 11 is 0. The Hall–Kier alpha value is -1.31. The summed E-state index contributed by atoms with van der Waals surface area (Å²) < 4.78 is 0. The Morgan fingerprint density at radius 2 is 2.08 bits per heavy atom. The molecule has 1 aromatic carbocycles. The molecule has 0 amide bonds. The van der Waals surface area contributed by atoms with Crippen LogP contribution >= 0.6 is 0 Å². The Bertz CT molecular complexity index is 279. The number of hydrogen-bond acceptors (Lipinski definition) is 2. The maximum Gasteiger partial charge on any atom is 0.0851 e. The molecule has 0 atom stereocenters. The van der Waals surface area contributed by atoms with Gasteiger partial charge in [0.25, 0.3) is 0 Å². The van der Waals surface area contributed by atoms with Crippen LogP contribution in [0.5, 0.6) is 0 Å². The monoisotopic (exact) mass is 174 g/mol. The van der Waals surface area contributed by atoms with Crippen LogP contribution in [0.3, 0.4) is 0 Å². The van der Waals surface area contributed by atoms with Crippen LogP contribution in [0.2, 0.25) is 0 Å². The van der Waals surface area contributed by atoms with Gasteiger partial charge in [-0.25, -0.2) is 0 Å². The average Bonchev–Trinajstić information content (AvgIpc) is 2.69. The van der Waals surface area contributed by atoms with Gasteiger partial charge in [-0.2, -0.15) is 0 Å². The predicted molar refractivity (Wildman–Crippen MR) is 55.1 cm³/mol. The molecule has 1 heterocycles.